The van der Waals surface area contributed by atoms with Crippen LogP contribution in [0.15, 0.2) is 127 Å². The lowest BCUT2D eigenvalue weighted by molar-refractivity contribution is 1.07. The maximum absolute atomic E-state index is 9.27. The molecule has 0 aliphatic rings. The molecule has 184 valence electrons. The smallest absolute Gasteiger partial charge is 0.164 e. The van der Waals surface area contributed by atoms with Gasteiger partial charge in [0.05, 0.1) is 11.6 Å². The summed E-state index contributed by atoms with van der Waals surface area (Å²) < 4.78 is 0. The molecule has 0 bridgehead atoms. The Morgan fingerprint density at radius 2 is 1.00 bits per heavy atom. The fourth-order valence-corrected chi connectivity index (χ4v) is 4.75. The van der Waals surface area contributed by atoms with E-state index in [0.717, 1.165) is 38.9 Å². The van der Waals surface area contributed by atoms with Gasteiger partial charge in [-0.2, -0.15) is 5.26 Å². The van der Waals surface area contributed by atoms with Crippen molar-refractivity contribution >= 4 is 11.6 Å². The van der Waals surface area contributed by atoms with Crippen LogP contribution in [0.1, 0.15) is 5.56 Å². The first-order chi connectivity index (χ1) is 19.2. The van der Waals surface area contributed by atoms with Crippen molar-refractivity contribution in [2.45, 2.75) is 0 Å². The molecule has 0 N–H and O–H groups in total. The van der Waals surface area contributed by atoms with Crippen LogP contribution in [0.3, 0.4) is 0 Å². The normalized spacial score (nSPS) is 10.7. The first-order valence-electron chi connectivity index (χ1n) is 12.5. The molecule has 0 amide bonds. The standard InChI is InChI=1S/C34H21ClN4/c35-31-16-7-6-14-29(31)28-13-4-5-15-30(28)34-38-32(25-10-2-1-3-11-25)37-33(39-34)26-19-17-24(18-20-26)27-12-8-9-23(21-27)22-36/h1-21H. The van der Waals surface area contributed by atoms with Crippen LogP contribution in [-0.2, 0) is 0 Å². The van der Waals surface area contributed by atoms with Crippen LogP contribution < -0.4 is 0 Å². The third-order valence-electron chi connectivity index (χ3n) is 6.47. The summed E-state index contributed by atoms with van der Waals surface area (Å²) in [6.45, 7) is 0. The Balaban J connectivity index is 1.49. The number of hydrogen-bond acceptors (Lipinski definition) is 4. The number of halogens is 1. The molecule has 6 aromatic rings. The third-order valence-corrected chi connectivity index (χ3v) is 6.80. The minimum Gasteiger partial charge on any atom is -0.208 e. The van der Waals surface area contributed by atoms with Gasteiger partial charge in [0, 0.05) is 27.3 Å². The summed E-state index contributed by atoms with van der Waals surface area (Å²) in [5.41, 5.74) is 7.13. The predicted octanol–water partition coefficient (Wildman–Crippen LogP) is 8.73. The molecule has 5 aromatic carbocycles. The zero-order valence-corrected chi connectivity index (χ0v) is 21.5. The molecule has 0 saturated carbocycles. The zero-order valence-electron chi connectivity index (χ0n) is 20.8. The summed E-state index contributed by atoms with van der Waals surface area (Å²) in [5.74, 6) is 1.74. The van der Waals surface area contributed by atoms with Crippen LogP contribution in [-0.4, -0.2) is 15.0 Å². The van der Waals surface area contributed by atoms with Gasteiger partial charge in [-0.1, -0.05) is 121 Å². The van der Waals surface area contributed by atoms with Gasteiger partial charge in [-0.3, -0.25) is 0 Å². The van der Waals surface area contributed by atoms with Gasteiger partial charge in [-0.25, -0.2) is 15.0 Å². The summed E-state index contributed by atoms with van der Waals surface area (Å²) >= 11 is 6.59. The fourth-order valence-electron chi connectivity index (χ4n) is 4.51. The minimum absolute atomic E-state index is 0.570. The Morgan fingerprint density at radius 1 is 0.462 bits per heavy atom. The maximum Gasteiger partial charge on any atom is 0.164 e. The fraction of sp³-hybridized carbons (Fsp3) is 0. The molecule has 0 saturated heterocycles. The third kappa shape index (κ3) is 5.04. The van der Waals surface area contributed by atoms with Gasteiger partial charge >= 0.3 is 0 Å². The highest BCUT2D eigenvalue weighted by atomic mass is 35.5. The number of nitriles is 1. The average Bonchev–Trinajstić information content (AvgIpc) is 3.01. The van der Waals surface area contributed by atoms with Crippen LogP contribution in [0.4, 0.5) is 0 Å². The second-order valence-electron chi connectivity index (χ2n) is 8.97. The van der Waals surface area contributed by atoms with Gasteiger partial charge < -0.3 is 0 Å². The molecule has 0 radical (unpaired) electrons. The second-order valence-corrected chi connectivity index (χ2v) is 9.37. The molecular formula is C34H21ClN4. The molecule has 0 atom stereocenters. The van der Waals surface area contributed by atoms with Gasteiger partial charge in [-0.15, -0.1) is 0 Å². The molecule has 0 fully saturated rings. The summed E-state index contributed by atoms with van der Waals surface area (Å²) in [5, 5.41) is 9.93. The number of aromatic nitrogens is 3. The Kier molecular flexibility index (Phi) is 6.66. The van der Waals surface area contributed by atoms with Crippen molar-refractivity contribution in [1.82, 2.24) is 15.0 Å². The highest BCUT2D eigenvalue weighted by molar-refractivity contribution is 6.33. The van der Waals surface area contributed by atoms with E-state index in [1.54, 1.807) is 6.07 Å². The number of benzene rings is 5. The lowest BCUT2D eigenvalue weighted by atomic mass is 9.99. The molecule has 0 aliphatic heterocycles. The zero-order chi connectivity index (χ0) is 26.6. The van der Waals surface area contributed by atoms with Gasteiger partial charge in [0.1, 0.15) is 0 Å². The minimum atomic E-state index is 0.570. The topological polar surface area (TPSA) is 62.5 Å². The lowest BCUT2D eigenvalue weighted by Crippen LogP contribution is -2.01. The Bertz CT molecular complexity index is 1820. The van der Waals surface area contributed by atoms with E-state index in [-0.39, 0.29) is 0 Å². The average molecular weight is 521 g/mol. The molecular weight excluding hydrogens is 500 g/mol. The van der Waals surface area contributed by atoms with E-state index in [2.05, 4.69) is 6.07 Å². The van der Waals surface area contributed by atoms with E-state index in [1.807, 2.05) is 121 Å². The van der Waals surface area contributed by atoms with E-state index < -0.39 is 0 Å². The van der Waals surface area contributed by atoms with Crippen molar-refractivity contribution in [2.75, 3.05) is 0 Å². The Morgan fingerprint density at radius 3 is 1.69 bits per heavy atom. The van der Waals surface area contributed by atoms with Gasteiger partial charge in [0.15, 0.2) is 17.5 Å². The first-order valence-corrected chi connectivity index (χ1v) is 12.8. The molecule has 1 heterocycles. The van der Waals surface area contributed by atoms with Gasteiger partial charge in [0.2, 0.25) is 0 Å². The molecule has 4 nitrogen and oxygen atoms in total. The van der Waals surface area contributed by atoms with Gasteiger partial charge in [0.25, 0.3) is 0 Å². The predicted molar refractivity (Wildman–Crippen MR) is 157 cm³/mol. The van der Waals surface area contributed by atoms with Crippen LogP contribution in [0.5, 0.6) is 0 Å². The van der Waals surface area contributed by atoms with E-state index in [4.69, 9.17) is 26.6 Å². The Hall–Kier alpha value is -5.11. The molecule has 1 aromatic heterocycles. The van der Waals surface area contributed by atoms with Crippen molar-refractivity contribution < 1.29 is 0 Å². The summed E-state index contributed by atoms with van der Waals surface area (Å²) in [7, 11) is 0. The van der Waals surface area contributed by atoms with E-state index in [9.17, 15) is 5.26 Å². The molecule has 0 aliphatic carbocycles. The summed E-state index contributed by atoms with van der Waals surface area (Å²) in [4.78, 5) is 14.7. The molecule has 0 spiro atoms. The lowest BCUT2D eigenvalue weighted by Gasteiger charge is -2.13. The number of nitrogens with zero attached hydrogens (tertiary/aromatic N) is 4. The van der Waals surface area contributed by atoms with E-state index in [0.29, 0.717) is 28.1 Å². The molecule has 39 heavy (non-hydrogen) atoms. The van der Waals surface area contributed by atoms with Crippen LogP contribution in [0.2, 0.25) is 5.02 Å². The maximum atomic E-state index is 9.27. The number of hydrogen-bond donors (Lipinski definition) is 0. The summed E-state index contributed by atoms with van der Waals surface area (Å²) in [6, 6.07) is 43.5. The van der Waals surface area contributed by atoms with Crippen molar-refractivity contribution in [3.63, 3.8) is 0 Å². The SMILES string of the molecule is N#Cc1cccc(-c2ccc(-c3nc(-c4ccccc4)nc(-c4ccccc4-c4ccccc4Cl)n3)cc2)c1. The van der Waals surface area contributed by atoms with E-state index in [1.165, 1.54) is 0 Å². The monoisotopic (exact) mass is 520 g/mol. The highest BCUT2D eigenvalue weighted by Gasteiger charge is 2.16. The largest absolute Gasteiger partial charge is 0.208 e. The van der Waals surface area contributed by atoms with Crippen LogP contribution >= 0.6 is 11.6 Å². The molecule has 0 unspecified atom stereocenters. The highest BCUT2D eigenvalue weighted by Crippen LogP contribution is 2.36. The van der Waals surface area contributed by atoms with Crippen molar-refractivity contribution in [3.8, 4) is 62.5 Å². The van der Waals surface area contributed by atoms with Crippen molar-refractivity contribution in [2.24, 2.45) is 0 Å². The Labute approximate surface area is 231 Å². The summed E-state index contributed by atoms with van der Waals surface area (Å²) in [6.07, 6.45) is 0. The second kappa shape index (κ2) is 10.7. The van der Waals surface area contributed by atoms with Crippen LogP contribution in [0, 0.1) is 11.3 Å². The molecule has 6 rings (SSSR count). The van der Waals surface area contributed by atoms with Crippen molar-refractivity contribution in [3.05, 3.63) is 138 Å². The quantitative estimate of drug-likeness (QED) is 0.228. The van der Waals surface area contributed by atoms with Crippen molar-refractivity contribution in [1.29, 1.82) is 5.26 Å². The number of rotatable bonds is 5. The first kappa shape index (κ1) is 24.2. The molecule has 5 heteroatoms. The van der Waals surface area contributed by atoms with Crippen LogP contribution in [0.25, 0.3) is 56.4 Å². The van der Waals surface area contributed by atoms with E-state index >= 15 is 0 Å². The van der Waals surface area contributed by atoms with Gasteiger partial charge in [-0.05, 0) is 34.9 Å².